The van der Waals surface area contributed by atoms with Gasteiger partial charge in [0.1, 0.15) is 11.5 Å². The van der Waals surface area contributed by atoms with Crippen molar-refractivity contribution in [1.82, 2.24) is 0 Å². The molecule has 0 bridgehead atoms. The summed E-state index contributed by atoms with van der Waals surface area (Å²) in [7, 11) is 0. The van der Waals surface area contributed by atoms with Crippen LogP contribution in [0, 0.1) is 0 Å². The zero-order valence-electron chi connectivity index (χ0n) is 19.0. The van der Waals surface area contributed by atoms with E-state index in [1.54, 1.807) is 36.4 Å². The molecule has 0 radical (unpaired) electrons. The zero-order chi connectivity index (χ0) is 23.9. The lowest BCUT2D eigenvalue weighted by molar-refractivity contribution is -0.144. The number of amides is 2. The fraction of sp³-hybridized carbons (Fsp3) is 0.400. The fourth-order valence-electron chi connectivity index (χ4n) is 3.02. The highest BCUT2D eigenvalue weighted by Crippen LogP contribution is 2.25. The maximum absolute atomic E-state index is 12.3. The minimum atomic E-state index is -0.940. The van der Waals surface area contributed by atoms with Gasteiger partial charge in [-0.3, -0.25) is 14.4 Å². The number of phenolic OH excluding ortho intramolecular Hbond substituents is 1. The number of benzene rings is 2. The van der Waals surface area contributed by atoms with Crippen molar-refractivity contribution in [1.29, 1.82) is 0 Å². The molecule has 0 fully saturated rings. The van der Waals surface area contributed by atoms with Gasteiger partial charge in [-0.1, -0.05) is 63.3 Å². The third kappa shape index (κ3) is 9.64. The Morgan fingerprint density at radius 1 is 0.788 bits per heavy atom. The lowest BCUT2D eigenvalue weighted by Crippen LogP contribution is -2.29. The van der Waals surface area contributed by atoms with E-state index in [9.17, 15) is 19.5 Å². The highest BCUT2D eigenvalue weighted by atomic mass is 16.5. The van der Waals surface area contributed by atoms with Crippen LogP contribution in [0.25, 0.3) is 0 Å². The molecule has 8 heteroatoms. The quantitative estimate of drug-likeness (QED) is 0.175. The first kappa shape index (κ1) is 25.7. The Hall–Kier alpha value is -3.55. The summed E-state index contributed by atoms with van der Waals surface area (Å²) in [5.74, 6) is -2.03. The van der Waals surface area contributed by atoms with E-state index >= 15 is 0 Å². The van der Waals surface area contributed by atoms with Gasteiger partial charge in [0.2, 0.25) is 0 Å². The third-order valence-electron chi connectivity index (χ3n) is 4.82. The molecule has 178 valence electrons. The average molecular weight is 457 g/mol. The number of carbonyl (C=O) groups excluding carboxylic acids is 3. The largest absolute Gasteiger partial charge is 0.506 e. The van der Waals surface area contributed by atoms with Crippen LogP contribution in [-0.2, 0) is 19.1 Å². The molecule has 33 heavy (non-hydrogen) atoms. The van der Waals surface area contributed by atoms with Crippen molar-refractivity contribution in [2.45, 2.75) is 51.9 Å². The highest BCUT2D eigenvalue weighted by molar-refractivity contribution is 6.43. The molecule has 0 atom stereocenters. The second-order valence-corrected chi connectivity index (χ2v) is 7.51. The summed E-state index contributed by atoms with van der Waals surface area (Å²) in [6.07, 6.45) is 6.79. The molecular formula is C25H32N2O6. The van der Waals surface area contributed by atoms with Gasteiger partial charge < -0.3 is 25.2 Å². The molecule has 0 spiro atoms. The van der Waals surface area contributed by atoms with E-state index in [1.807, 2.05) is 0 Å². The van der Waals surface area contributed by atoms with Gasteiger partial charge in [-0.25, -0.2) is 0 Å². The Bertz CT molecular complexity index is 915. The lowest BCUT2D eigenvalue weighted by atomic mass is 10.1. The van der Waals surface area contributed by atoms with Gasteiger partial charge >= 0.3 is 17.8 Å². The number of ether oxygens (including phenoxy) is 2. The van der Waals surface area contributed by atoms with Gasteiger partial charge in [0.25, 0.3) is 0 Å². The summed E-state index contributed by atoms with van der Waals surface area (Å²) >= 11 is 0. The molecule has 2 aromatic carbocycles. The van der Waals surface area contributed by atoms with Gasteiger partial charge in [0.05, 0.1) is 31.0 Å². The Balaban J connectivity index is 1.75. The monoisotopic (exact) mass is 456 g/mol. The Kier molecular flexibility index (Phi) is 11.3. The molecule has 3 N–H and O–H groups in total. The second-order valence-electron chi connectivity index (χ2n) is 7.51. The van der Waals surface area contributed by atoms with E-state index in [1.165, 1.54) is 31.4 Å². The minimum Gasteiger partial charge on any atom is -0.506 e. The van der Waals surface area contributed by atoms with Crippen molar-refractivity contribution >= 4 is 29.2 Å². The first-order valence-electron chi connectivity index (χ1n) is 11.3. The van der Waals surface area contributed by atoms with E-state index < -0.39 is 11.8 Å². The predicted molar refractivity (Wildman–Crippen MR) is 126 cm³/mol. The molecule has 2 amide bonds. The van der Waals surface area contributed by atoms with Crippen LogP contribution in [0.2, 0.25) is 0 Å². The number of hydrogen-bond acceptors (Lipinski definition) is 6. The molecule has 2 aromatic rings. The van der Waals surface area contributed by atoms with Crippen molar-refractivity contribution < 1.29 is 29.0 Å². The smallest absolute Gasteiger partial charge is 0.314 e. The van der Waals surface area contributed by atoms with Gasteiger partial charge in [0.15, 0.2) is 0 Å². The number of anilines is 2. The SMILES string of the molecule is CCCCCCCCOC(=O)CCOc1ccccc1NC(=O)C(=O)Nc1ccccc1O. The summed E-state index contributed by atoms with van der Waals surface area (Å²) in [4.78, 5) is 36.3. The van der Waals surface area contributed by atoms with Crippen LogP contribution in [0.5, 0.6) is 11.5 Å². The fourth-order valence-corrected chi connectivity index (χ4v) is 3.02. The summed E-state index contributed by atoms with van der Waals surface area (Å²) < 4.78 is 10.8. The number of carbonyl (C=O) groups is 3. The maximum Gasteiger partial charge on any atom is 0.314 e. The summed E-state index contributed by atoms with van der Waals surface area (Å²) in [5.41, 5.74) is 0.414. The van der Waals surface area contributed by atoms with E-state index in [-0.39, 0.29) is 36.1 Å². The summed E-state index contributed by atoms with van der Waals surface area (Å²) in [6, 6.07) is 12.7. The van der Waals surface area contributed by atoms with Crippen LogP contribution >= 0.6 is 0 Å². The van der Waals surface area contributed by atoms with Crippen LogP contribution in [0.1, 0.15) is 51.9 Å². The van der Waals surface area contributed by atoms with Crippen LogP contribution in [0.15, 0.2) is 48.5 Å². The van der Waals surface area contributed by atoms with E-state index in [2.05, 4.69) is 17.6 Å². The molecule has 0 aliphatic carbocycles. The molecule has 8 nitrogen and oxygen atoms in total. The average Bonchev–Trinajstić information content (AvgIpc) is 2.81. The molecule has 0 aliphatic rings. The number of aromatic hydroxyl groups is 1. The van der Waals surface area contributed by atoms with Crippen molar-refractivity contribution in [3.8, 4) is 11.5 Å². The van der Waals surface area contributed by atoms with Gasteiger partial charge in [0, 0.05) is 0 Å². The molecular weight excluding hydrogens is 424 g/mol. The summed E-state index contributed by atoms with van der Waals surface area (Å²) in [5, 5.41) is 14.5. The Morgan fingerprint density at radius 3 is 2.12 bits per heavy atom. The van der Waals surface area contributed by atoms with E-state index in [0.29, 0.717) is 12.4 Å². The number of esters is 1. The number of phenols is 1. The molecule has 0 saturated heterocycles. The van der Waals surface area contributed by atoms with Gasteiger partial charge in [-0.15, -0.1) is 0 Å². The normalized spacial score (nSPS) is 10.3. The van der Waals surface area contributed by atoms with Crippen molar-refractivity contribution in [3.05, 3.63) is 48.5 Å². The molecule has 0 heterocycles. The lowest BCUT2D eigenvalue weighted by Gasteiger charge is -2.12. The van der Waals surface area contributed by atoms with E-state index in [0.717, 1.165) is 19.3 Å². The predicted octanol–water partition coefficient (Wildman–Crippen LogP) is 4.64. The number of para-hydroxylation sites is 4. The molecule has 0 saturated carbocycles. The number of nitrogens with one attached hydrogen (secondary N) is 2. The van der Waals surface area contributed by atoms with E-state index in [4.69, 9.17) is 9.47 Å². The van der Waals surface area contributed by atoms with Gasteiger partial charge in [-0.2, -0.15) is 0 Å². The second kappa shape index (κ2) is 14.5. The minimum absolute atomic E-state index is 0.0753. The number of hydrogen-bond donors (Lipinski definition) is 3. The van der Waals surface area contributed by atoms with Crippen LogP contribution < -0.4 is 15.4 Å². The van der Waals surface area contributed by atoms with Gasteiger partial charge in [-0.05, 0) is 30.7 Å². The molecule has 0 unspecified atom stereocenters. The Labute approximate surface area is 194 Å². The standard InChI is InChI=1S/C25H32N2O6/c1-2-3-4-5-6-11-17-33-23(29)16-18-32-22-15-10-8-13-20(22)27-25(31)24(30)26-19-12-7-9-14-21(19)28/h7-10,12-15,28H,2-6,11,16-18H2,1H3,(H,26,30)(H,27,31). The highest BCUT2D eigenvalue weighted by Gasteiger charge is 2.17. The zero-order valence-corrected chi connectivity index (χ0v) is 19.0. The van der Waals surface area contributed by atoms with Crippen molar-refractivity contribution in [3.63, 3.8) is 0 Å². The summed E-state index contributed by atoms with van der Waals surface area (Å²) in [6.45, 7) is 2.65. The molecule has 2 rings (SSSR count). The van der Waals surface area contributed by atoms with Crippen LogP contribution in [0.4, 0.5) is 11.4 Å². The number of rotatable bonds is 13. The first-order valence-corrected chi connectivity index (χ1v) is 11.3. The maximum atomic E-state index is 12.3. The van der Waals surface area contributed by atoms with Crippen LogP contribution in [-0.4, -0.2) is 36.1 Å². The van der Waals surface area contributed by atoms with Crippen molar-refractivity contribution in [2.24, 2.45) is 0 Å². The Morgan fingerprint density at radius 2 is 1.39 bits per heavy atom. The first-order chi connectivity index (χ1) is 16.0. The molecule has 0 aromatic heterocycles. The van der Waals surface area contributed by atoms with Crippen LogP contribution in [0.3, 0.4) is 0 Å². The molecule has 0 aliphatic heterocycles. The third-order valence-corrected chi connectivity index (χ3v) is 4.82. The number of unbranched alkanes of at least 4 members (excludes halogenated alkanes) is 5. The topological polar surface area (TPSA) is 114 Å². The van der Waals surface area contributed by atoms with Crippen molar-refractivity contribution in [2.75, 3.05) is 23.8 Å².